The molecule has 3 N–H and O–H groups in total. The molecule has 3 heterocycles. The zero-order valence-corrected chi connectivity index (χ0v) is 19.8. The van der Waals surface area contributed by atoms with Gasteiger partial charge < -0.3 is 20.5 Å². The Morgan fingerprint density at radius 3 is 2.58 bits per heavy atom. The minimum atomic E-state index is -0.366. The van der Waals surface area contributed by atoms with E-state index in [1.165, 1.54) is 0 Å². The predicted molar refractivity (Wildman–Crippen MR) is 130 cm³/mol. The molecule has 0 bridgehead atoms. The molecule has 1 aromatic carbocycles. The maximum atomic E-state index is 6.12. The predicted octanol–water partition coefficient (Wildman–Crippen LogP) is 3.83. The molecule has 0 atom stereocenters. The molecule has 33 heavy (non-hydrogen) atoms. The average Bonchev–Trinajstić information content (AvgIpc) is 3.15. The number of benzene rings is 1. The third-order valence-corrected chi connectivity index (χ3v) is 5.87. The summed E-state index contributed by atoms with van der Waals surface area (Å²) in [6, 6.07) is 7.90. The summed E-state index contributed by atoms with van der Waals surface area (Å²) in [5, 5.41) is 8.50. The Kier molecular flexibility index (Phi) is 5.90. The SMILES string of the molecule is COc1cc(-c2cnn(C)c2C)ccc1-c1nc(N)nc2c(NCC(C)(C)OC)nccc12. The summed E-state index contributed by atoms with van der Waals surface area (Å²) in [5.41, 5.74) is 11.0. The van der Waals surface area contributed by atoms with E-state index in [4.69, 9.17) is 15.2 Å². The number of fused-ring (bicyclic) bond motifs is 1. The molecule has 0 unspecified atom stereocenters. The molecule has 0 spiro atoms. The van der Waals surface area contributed by atoms with Crippen molar-refractivity contribution in [2.75, 3.05) is 31.8 Å². The summed E-state index contributed by atoms with van der Waals surface area (Å²) < 4.78 is 13.1. The average molecular weight is 448 g/mol. The van der Waals surface area contributed by atoms with Gasteiger partial charge in [-0.2, -0.15) is 5.10 Å². The number of ether oxygens (including phenoxy) is 2. The van der Waals surface area contributed by atoms with E-state index in [2.05, 4.69) is 25.4 Å². The molecule has 0 saturated heterocycles. The minimum absolute atomic E-state index is 0.161. The van der Waals surface area contributed by atoms with Crippen molar-refractivity contribution in [3.8, 4) is 28.1 Å². The van der Waals surface area contributed by atoms with Crippen molar-refractivity contribution in [3.63, 3.8) is 0 Å². The fourth-order valence-corrected chi connectivity index (χ4v) is 3.61. The summed E-state index contributed by atoms with van der Waals surface area (Å²) in [6.45, 7) is 6.58. The fraction of sp³-hybridized carbons (Fsp3) is 0.333. The van der Waals surface area contributed by atoms with E-state index >= 15 is 0 Å². The Hall–Kier alpha value is -3.72. The van der Waals surface area contributed by atoms with Gasteiger partial charge in [0.15, 0.2) is 5.82 Å². The number of methoxy groups -OCH3 is 2. The van der Waals surface area contributed by atoms with E-state index in [0.29, 0.717) is 29.3 Å². The Bertz CT molecular complexity index is 1310. The highest BCUT2D eigenvalue weighted by Gasteiger charge is 2.20. The molecule has 0 radical (unpaired) electrons. The van der Waals surface area contributed by atoms with Crippen LogP contribution in [0, 0.1) is 6.92 Å². The minimum Gasteiger partial charge on any atom is -0.496 e. The van der Waals surface area contributed by atoms with Crippen LogP contribution in [0.25, 0.3) is 33.3 Å². The largest absolute Gasteiger partial charge is 0.496 e. The first-order valence-electron chi connectivity index (χ1n) is 10.6. The van der Waals surface area contributed by atoms with Crippen molar-refractivity contribution in [1.29, 1.82) is 0 Å². The van der Waals surface area contributed by atoms with Crippen molar-refractivity contribution >= 4 is 22.7 Å². The Labute approximate surface area is 193 Å². The van der Waals surface area contributed by atoms with E-state index in [0.717, 1.165) is 27.8 Å². The summed E-state index contributed by atoms with van der Waals surface area (Å²) >= 11 is 0. The third kappa shape index (κ3) is 4.31. The van der Waals surface area contributed by atoms with Crippen molar-refractivity contribution < 1.29 is 9.47 Å². The van der Waals surface area contributed by atoms with Crippen LogP contribution in [-0.2, 0) is 11.8 Å². The Morgan fingerprint density at radius 2 is 1.91 bits per heavy atom. The Balaban J connectivity index is 1.83. The lowest BCUT2D eigenvalue weighted by atomic mass is 10.0. The van der Waals surface area contributed by atoms with Crippen LogP contribution >= 0.6 is 0 Å². The van der Waals surface area contributed by atoms with Crippen molar-refractivity contribution in [1.82, 2.24) is 24.7 Å². The second-order valence-electron chi connectivity index (χ2n) is 8.49. The van der Waals surface area contributed by atoms with Crippen LogP contribution < -0.4 is 15.8 Å². The van der Waals surface area contributed by atoms with Gasteiger partial charge in [-0.05, 0) is 44.5 Å². The number of nitrogen functional groups attached to an aromatic ring is 1. The zero-order chi connectivity index (χ0) is 23.8. The summed E-state index contributed by atoms with van der Waals surface area (Å²) in [7, 11) is 5.25. The van der Waals surface area contributed by atoms with Gasteiger partial charge in [-0.15, -0.1) is 0 Å². The number of nitrogens with one attached hydrogen (secondary N) is 1. The number of pyridine rings is 1. The van der Waals surface area contributed by atoms with Crippen LogP contribution in [0.15, 0.2) is 36.7 Å². The van der Waals surface area contributed by atoms with Crippen LogP contribution in [0.3, 0.4) is 0 Å². The molecule has 9 nitrogen and oxygen atoms in total. The topological polar surface area (TPSA) is 113 Å². The highest BCUT2D eigenvalue weighted by Crippen LogP contribution is 2.38. The standard InChI is InChI=1S/C24H29N7O2/c1-14-18(12-28-31(14)4)15-7-8-16(19(11-15)32-5)20-17-9-10-26-22(21(17)30-23(25)29-20)27-13-24(2,3)33-6/h7-12H,13H2,1-6H3,(H,26,27)(H2,25,29,30). The number of aromatic nitrogens is 5. The first kappa shape index (κ1) is 22.5. The molecular formula is C24H29N7O2. The van der Waals surface area contributed by atoms with Crippen molar-refractivity contribution in [3.05, 3.63) is 42.4 Å². The van der Waals surface area contributed by atoms with Crippen LogP contribution in [-0.4, -0.2) is 51.1 Å². The number of aryl methyl sites for hydroxylation is 1. The quantitative estimate of drug-likeness (QED) is 0.439. The van der Waals surface area contributed by atoms with Crippen LogP contribution in [0.4, 0.5) is 11.8 Å². The summed E-state index contributed by atoms with van der Waals surface area (Å²) in [5.74, 6) is 1.46. The second-order valence-corrected chi connectivity index (χ2v) is 8.49. The van der Waals surface area contributed by atoms with Crippen molar-refractivity contribution in [2.24, 2.45) is 7.05 Å². The molecule has 3 aromatic heterocycles. The molecule has 0 aliphatic heterocycles. The van der Waals surface area contributed by atoms with Gasteiger partial charge in [-0.3, -0.25) is 4.68 Å². The zero-order valence-electron chi connectivity index (χ0n) is 19.8. The van der Waals surface area contributed by atoms with E-state index in [-0.39, 0.29) is 11.5 Å². The number of rotatable bonds is 7. The molecule has 0 saturated carbocycles. The number of anilines is 2. The Morgan fingerprint density at radius 1 is 1.12 bits per heavy atom. The smallest absolute Gasteiger partial charge is 0.221 e. The van der Waals surface area contributed by atoms with Gasteiger partial charge in [0.05, 0.1) is 24.6 Å². The first-order chi connectivity index (χ1) is 15.7. The van der Waals surface area contributed by atoms with Gasteiger partial charge in [0, 0.05) is 49.1 Å². The first-order valence-corrected chi connectivity index (χ1v) is 10.6. The highest BCUT2D eigenvalue weighted by atomic mass is 16.5. The lowest BCUT2D eigenvalue weighted by molar-refractivity contribution is 0.0343. The molecule has 0 aliphatic carbocycles. The second kappa shape index (κ2) is 8.67. The van der Waals surface area contributed by atoms with Crippen LogP contribution in [0.5, 0.6) is 5.75 Å². The molecule has 4 aromatic rings. The van der Waals surface area contributed by atoms with Crippen molar-refractivity contribution in [2.45, 2.75) is 26.4 Å². The van der Waals surface area contributed by atoms with Crippen LogP contribution in [0.1, 0.15) is 19.5 Å². The number of hydrogen-bond acceptors (Lipinski definition) is 8. The molecule has 172 valence electrons. The van der Waals surface area contributed by atoms with Gasteiger partial charge in [0.1, 0.15) is 11.3 Å². The van der Waals surface area contributed by atoms with E-state index < -0.39 is 0 Å². The normalized spacial score (nSPS) is 11.7. The number of hydrogen-bond donors (Lipinski definition) is 2. The lowest BCUT2D eigenvalue weighted by Crippen LogP contribution is -2.32. The number of nitrogens with two attached hydrogens (primary N) is 1. The van der Waals surface area contributed by atoms with E-state index in [9.17, 15) is 0 Å². The van der Waals surface area contributed by atoms with Gasteiger partial charge >= 0.3 is 0 Å². The molecule has 0 aliphatic rings. The third-order valence-electron chi connectivity index (χ3n) is 5.87. The summed E-state index contributed by atoms with van der Waals surface area (Å²) in [6.07, 6.45) is 3.58. The maximum absolute atomic E-state index is 6.12. The van der Waals surface area contributed by atoms with Gasteiger partial charge in [0.25, 0.3) is 0 Å². The van der Waals surface area contributed by atoms with Gasteiger partial charge in [-0.1, -0.05) is 6.07 Å². The van der Waals surface area contributed by atoms with E-state index in [1.54, 1.807) is 20.4 Å². The molecule has 0 amide bonds. The maximum Gasteiger partial charge on any atom is 0.221 e. The fourth-order valence-electron chi connectivity index (χ4n) is 3.61. The number of nitrogens with zero attached hydrogens (tertiary/aromatic N) is 5. The van der Waals surface area contributed by atoms with Crippen LogP contribution in [0.2, 0.25) is 0 Å². The monoisotopic (exact) mass is 447 g/mol. The molecular weight excluding hydrogens is 418 g/mol. The molecule has 9 heteroatoms. The lowest BCUT2D eigenvalue weighted by Gasteiger charge is -2.23. The molecule has 0 fully saturated rings. The van der Waals surface area contributed by atoms with Gasteiger partial charge in [0.2, 0.25) is 5.95 Å². The van der Waals surface area contributed by atoms with Gasteiger partial charge in [-0.25, -0.2) is 15.0 Å². The summed E-state index contributed by atoms with van der Waals surface area (Å²) in [4.78, 5) is 13.5. The van der Waals surface area contributed by atoms with E-state index in [1.807, 2.05) is 63.0 Å². The molecule has 4 rings (SSSR count). The highest BCUT2D eigenvalue weighted by molar-refractivity contribution is 5.99.